The van der Waals surface area contributed by atoms with Gasteiger partial charge in [0, 0.05) is 45.0 Å². The van der Waals surface area contributed by atoms with Crippen molar-refractivity contribution in [3.63, 3.8) is 0 Å². The Bertz CT molecular complexity index is 718. The number of likely N-dealkylation sites (tertiary alicyclic amines) is 1. The van der Waals surface area contributed by atoms with E-state index in [1.165, 1.54) is 0 Å². The second kappa shape index (κ2) is 7.37. The molecule has 0 bridgehead atoms. The summed E-state index contributed by atoms with van der Waals surface area (Å²) in [7, 11) is 1.69. The number of aryl methyl sites for hydroxylation is 1. The number of ether oxygens (including phenoxy) is 1. The van der Waals surface area contributed by atoms with Gasteiger partial charge in [0.15, 0.2) is 0 Å². The quantitative estimate of drug-likeness (QED) is 0.752. The number of ketones is 1. The van der Waals surface area contributed by atoms with Crippen molar-refractivity contribution >= 4 is 11.7 Å². The molecule has 2 aliphatic rings. The van der Waals surface area contributed by atoms with E-state index in [1.807, 2.05) is 4.90 Å². The molecule has 1 aromatic heterocycles. The molecule has 7 nitrogen and oxygen atoms in total. The van der Waals surface area contributed by atoms with E-state index in [0.717, 1.165) is 45.6 Å². The standard InChI is InChI=1S/C20H30N2O5/c1-19(2,13-23)17(25)16(24)15-10-14(11-21(15)3)18(26)22-7-4-20(12-22)5-8-27-9-6-20/h10-11,17,23,25H,4-9,12-13H2,1-3H3/t17-/m0/s1. The van der Waals surface area contributed by atoms with Crippen molar-refractivity contribution < 1.29 is 24.5 Å². The van der Waals surface area contributed by atoms with E-state index < -0.39 is 17.3 Å². The lowest BCUT2D eigenvalue weighted by Gasteiger charge is -2.33. The summed E-state index contributed by atoms with van der Waals surface area (Å²) in [5.74, 6) is -0.568. The molecule has 0 aliphatic carbocycles. The molecule has 1 atom stereocenters. The van der Waals surface area contributed by atoms with Crippen molar-refractivity contribution in [1.82, 2.24) is 9.47 Å². The number of aliphatic hydroxyl groups excluding tert-OH is 2. The molecular weight excluding hydrogens is 348 g/mol. The summed E-state index contributed by atoms with van der Waals surface area (Å²) in [6, 6.07) is 1.55. The van der Waals surface area contributed by atoms with Gasteiger partial charge < -0.3 is 24.4 Å². The summed E-state index contributed by atoms with van der Waals surface area (Å²) in [6.07, 6.45) is 3.26. The smallest absolute Gasteiger partial charge is 0.255 e. The van der Waals surface area contributed by atoms with Gasteiger partial charge in [0.2, 0.25) is 5.78 Å². The molecule has 3 rings (SSSR count). The summed E-state index contributed by atoms with van der Waals surface area (Å²) in [5, 5.41) is 19.7. The molecule has 0 radical (unpaired) electrons. The lowest BCUT2D eigenvalue weighted by atomic mass is 9.80. The molecule has 2 aliphatic heterocycles. The lowest BCUT2D eigenvalue weighted by molar-refractivity contribution is 0.0123. The third kappa shape index (κ3) is 3.81. The Kier molecular flexibility index (Phi) is 5.47. The molecule has 0 saturated carbocycles. The third-order valence-electron chi connectivity index (χ3n) is 6.18. The van der Waals surface area contributed by atoms with E-state index in [1.54, 1.807) is 37.7 Å². The maximum Gasteiger partial charge on any atom is 0.255 e. The predicted molar refractivity (Wildman–Crippen MR) is 99.6 cm³/mol. The van der Waals surface area contributed by atoms with Crippen molar-refractivity contribution in [3.05, 3.63) is 23.5 Å². The average Bonchev–Trinajstić information content (AvgIpc) is 3.24. The highest BCUT2D eigenvalue weighted by molar-refractivity contribution is 6.02. The van der Waals surface area contributed by atoms with Crippen LogP contribution >= 0.6 is 0 Å². The van der Waals surface area contributed by atoms with Gasteiger partial charge in [-0.15, -0.1) is 0 Å². The van der Waals surface area contributed by atoms with Gasteiger partial charge >= 0.3 is 0 Å². The fourth-order valence-corrected chi connectivity index (χ4v) is 4.01. The molecule has 1 aromatic rings. The Morgan fingerprint density at radius 3 is 2.59 bits per heavy atom. The molecule has 7 heteroatoms. The molecule has 27 heavy (non-hydrogen) atoms. The molecule has 1 amide bonds. The molecule has 2 fully saturated rings. The fraction of sp³-hybridized carbons (Fsp3) is 0.700. The zero-order chi connectivity index (χ0) is 19.8. The number of nitrogens with zero attached hydrogens (tertiary/aromatic N) is 2. The first kappa shape index (κ1) is 20.0. The van der Waals surface area contributed by atoms with Crippen LogP contribution in [-0.4, -0.2) is 70.4 Å². The molecule has 150 valence electrons. The number of rotatable bonds is 5. The SMILES string of the molecule is Cn1cc(C(=O)N2CCC3(CCOCC3)C2)cc1C(=O)[C@H](O)C(C)(C)CO. The minimum Gasteiger partial charge on any atom is -0.396 e. The predicted octanol–water partition coefficient (Wildman–Crippen LogP) is 1.23. The number of carbonyl (C=O) groups excluding carboxylic acids is 2. The van der Waals surface area contributed by atoms with E-state index >= 15 is 0 Å². The van der Waals surface area contributed by atoms with Gasteiger partial charge in [0.05, 0.1) is 17.9 Å². The van der Waals surface area contributed by atoms with E-state index in [2.05, 4.69) is 0 Å². The second-order valence-corrected chi connectivity index (χ2v) is 8.73. The van der Waals surface area contributed by atoms with Crippen LogP contribution in [0.5, 0.6) is 0 Å². The molecule has 2 saturated heterocycles. The number of Topliss-reactive ketones (excluding diaryl/α,β-unsaturated/α-hetero) is 1. The largest absolute Gasteiger partial charge is 0.396 e. The Morgan fingerprint density at radius 2 is 1.96 bits per heavy atom. The van der Waals surface area contributed by atoms with Crippen molar-refractivity contribution in [3.8, 4) is 0 Å². The van der Waals surface area contributed by atoms with Crippen molar-refractivity contribution in [2.75, 3.05) is 32.9 Å². The van der Waals surface area contributed by atoms with Crippen LogP contribution in [0.3, 0.4) is 0 Å². The highest BCUT2D eigenvalue weighted by Crippen LogP contribution is 2.40. The van der Waals surface area contributed by atoms with Gasteiger partial charge in [0.25, 0.3) is 5.91 Å². The minimum absolute atomic E-state index is 0.0797. The normalized spacial score (nSPS) is 20.9. The number of hydrogen-bond acceptors (Lipinski definition) is 5. The number of carbonyl (C=O) groups is 2. The number of aliphatic hydroxyl groups is 2. The van der Waals surface area contributed by atoms with E-state index in [4.69, 9.17) is 4.74 Å². The van der Waals surface area contributed by atoms with Crippen LogP contribution in [0.4, 0.5) is 0 Å². The van der Waals surface area contributed by atoms with E-state index in [9.17, 15) is 19.8 Å². The van der Waals surface area contributed by atoms with E-state index in [0.29, 0.717) is 5.56 Å². The summed E-state index contributed by atoms with van der Waals surface area (Å²) < 4.78 is 7.03. The van der Waals surface area contributed by atoms with Crippen LogP contribution < -0.4 is 0 Å². The van der Waals surface area contributed by atoms with Crippen LogP contribution in [0.1, 0.15) is 54.0 Å². The zero-order valence-corrected chi connectivity index (χ0v) is 16.4. The van der Waals surface area contributed by atoms with Crippen LogP contribution in [-0.2, 0) is 11.8 Å². The zero-order valence-electron chi connectivity index (χ0n) is 16.4. The Morgan fingerprint density at radius 1 is 1.30 bits per heavy atom. The van der Waals surface area contributed by atoms with Gasteiger partial charge in [-0.2, -0.15) is 0 Å². The highest BCUT2D eigenvalue weighted by atomic mass is 16.5. The Balaban J connectivity index is 1.74. The molecule has 0 aromatic carbocycles. The maximum absolute atomic E-state index is 13.0. The van der Waals surface area contributed by atoms with Crippen LogP contribution in [0.2, 0.25) is 0 Å². The maximum atomic E-state index is 13.0. The molecule has 1 spiro atoms. The van der Waals surface area contributed by atoms with Gasteiger partial charge in [-0.05, 0) is 30.7 Å². The van der Waals surface area contributed by atoms with Crippen molar-refractivity contribution in [2.45, 2.75) is 39.2 Å². The topological polar surface area (TPSA) is 92.0 Å². The van der Waals surface area contributed by atoms with Crippen molar-refractivity contribution in [1.29, 1.82) is 0 Å². The average molecular weight is 378 g/mol. The van der Waals surface area contributed by atoms with Gasteiger partial charge in [-0.3, -0.25) is 9.59 Å². The first-order chi connectivity index (χ1) is 12.7. The Labute approximate surface area is 159 Å². The monoisotopic (exact) mass is 378 g/mol. The highest BCUT2D eigenvalue weighted by Gasteiger charge is 2.41. The molecular formula is C20H30N2O5. The number of amides is 1. The minimum atomic E-state index is -1.34. The van der Waals surface area contributed by atoms with Crippen LogP contribution in [0, 0.1) is 10.8 Å². The Hall–Kier alpha value is -1.70. The van der Waals surface area contributed by atoms with Gasteiger partial charge in [0.1, 0.15) is 6.10 Å². The first-order valence-electron chi connectivity index (χ1n) is 9.56. The summed E-state index contributed by atoms with van der Waals surface area (Å²) in [4.78, 5) is 27.5. The van der Waals surface area contributed by atoms with Crippen molar-refractivity contribution in [2.24, 2.45) is 17.9 Å². The van der Waals surface area contributed by atoms with Crippen LogP contribution in [0.15, 0.2) is 12.3 Å². The van der Waals surface area contributed by atoms with Gasteiger partial charge in [-0.25, -0.2) is 0 Å². The third-order valence-corrected chi connectivity index (χ3v) is 6.18. The lowest BCUT2D eigenvalue weighted by Crippen LogP contribution is -2.39. The van der Waals surface area contributed by atoms with E-state index in [-0.39, 0.29) is 23.6 Å². The first-order valence-corrected chi connectivity index (χ1v) is 9.56. The van der Waals surface area contributed by atoms with Gasteiger partial charge in [-0.1, -0.05) is 13.8 Å². The number of hydrogen-bond donors (Lipinski definition) is 2. The van der Waals surface area contributed by atoms with Crippen LogP contribution in [0.25, 0.3) is 0 Å². The molecule has 3 heterocycles. The summed E-state index contributed by atoms with van der Waals surface area (Å²) >= 11 is 0. The summed E-state index contributed by atoms with van der Waals surface area (Å²) in [6.45, 7) is 5.90. The molecule has 0 unspecified atom stereocenters. The fourth-order valence-electron chi connectivity index (χ4n) is 4.01. The second-order valence-electron chi connectivity index (χ2n) is 8.73. The number of aromatic nitrogens is 1. The summed E-state index contributed by atoms with van der Waals surface area (Å²) in [5.41, 5.74) is -0.0511. The molecule has 2 N–H and O–H groups in total.